The fourth-order valence-corrected chi connectivity index (χ4v) is 5.14. The molecule has 0 unspecified atom stereocenters. The minimum atomic E-state index is 0.506. The van der Waals surface area contributed by atoms with E-state index in [1.54, 1.807) is 12.5 Å². The van der Waals surface area contributed by atoms with E-state index in [2.05, 4.69) is 42.5 Å². The number of nitrogens with two attached hydrogens (primary N) is 1. The first-order chi connectivity index (χ1) is 18.7. The number of aromatic amines is 2. The minimum Gasteiger partial charge on any atom is -0.472 e. The SMILES string of the molecule is C#Cc1[nH]c(-c2[nH]nc3ncc(-c4cncc(CNCC5CCCC5)c4)cc23)nc1/C(=C\N)c1ccoc1. The van der Waals surface area contributed by atoms with Crippen LogP contribution < -0.4 is 11.1 Å². The van der Waals surface area contributed by atoms with Gasteiger partial charge in [0, 0.05) is 53.6 Å². The molecule has 0 aromatic carbocycles. The molecule has 190 valence electrons. The Morgan fingerprint density at radius 2 is 2.08 bits per heavy atom. The van der Waals surface area contributed by atoms with E-state index in [0.29, 0.717) is 34.1 Å². The number of hydrogen-bond acceptors (Lipinski definition) is 7. The van der Waals surface area contributed by atoms with Gasteiger partial charge in [0.25, 0.3) is 0 Å². The second kappa shape index (κ2) is 10.4. The highest BCUT2D eigenvalue weighted by molar-refractivity contribution is 5.92. The average molecular weight is 505 g/mol. The monoisotopic (exact) mass is 504 g/mol. The van der Waals surface area contributed by atoms with Crippen molar-refractivity contribution in [2.45, 2.75) is 32.2 Å². The molecule has 6 rings (SSSR count). The van der Waals surface area contributed by atoms with Crippen molar-refractivity contribution in [1.82, 2.24) is 35.5 Å². The van der Waals surface area contributed by atoms with E-state index < -0.39 is 0 Å². The summed E-state index contributed by atoms with van der Waals surface area (Å²) in [4.78, 5) is 17.1. The summed E-state index contributed by atoms with van der Waals surface area (Å²) in [5, 5.41) is 11.9. The third-order valence-corrected chi connectivity index (χ3v) is 7.11. The number of furan rings is 1. The number of aromatic nitrogens is 6. The van der Waals surface area contributed by atoms with Crippen LogP contribution in [0.5, 0.6) is 0 Å². The second-order valence-electron chi connectivity index (χ2n) is 9.60. The topological polar surface area (TPSA) is 134 Å². The van der Waals surface area contributed by atoms with Crippen LogP contribution in [0.3, 0.4) is 0 Å². The van der Waals surface area contributed by atoms with Gasteiger partial charge in [-0.05, 0) is 49.1 Å². The van der Waals surface area contributed by atoms with Crippen molar-refractivity contribution in [3.05, 3.63) is 78.0 Å². The van der Waals surface area contributed by atoms with Gasteiger partial charge in [0.1, 0.15) is 17.1 Å². The molecule has 0 radical (unpaired) electrons. The zero-order valence-corrected chi connectivity index (χ0v) is 20.9. The van der Waals surface area contributed by atoms with Crippen LogP contribution in [0.1, 0.15) is 48.2 Å². The Morgan fingerprint density at radius 1 is 1.21 bits per heavy atom. The lowest BCUT2D eigenvalue weighted by Gasteiger charge is -2.11. The number of fused-ring (bicyclic) bond motifs is 1. The van der Waals surface area contributed by atoms with Gasteiger partial charge < -0.3 is 20.5 Å². The maximum absolute atomic E-state index is 5.93. The van der Waals surface area contributed by atoms with Crippen molar-refractivity contribution >= 4 is 16.6 Å². The summed E-state index contributed by atoms with van der Waals surface area (Å²) in [6, 6.07) is 6.00. The predicted molar refractivity (Wildman–Crippen MR) is 146 cm³/mol. The molecule has 9 nitrogen and oxygen atoms in total. The van der Waals surface area contributed by atoms with E-state index in [4.69, 9.17) is 21.6 Å². The predicted octanol–water partition coefficient (Wildman–Crippen LogP) is 4.61. The van der Waals surface area contributed by atoms with Crippen LogP contribution in [0.15, 0.2) is 59.9 Å². The Bertz CT molecular complexity index is 1630. The molecule has 5 heterocycles. The minimum absolute atomic E-state index is 0.506. The van der Waals surface area contributed by atoms with Gasteiger partial charge in [0.05, 0.1) is 17.9 Å². The average Bonchev–Trinajstić information content (AvgIpc) is 3.76. The molecule has 38 heavy (non-hydrogen) atoms. The van der Waals surface area contributed by atoms with Gasteiger partial charge in [0.15, 0.2) is 11.5 Å². The standard InChI is InChI=1S/C29H28N8O/c1-2-25-26(24(11-30)20-7-8-38-17-20)35-29(34-25)27-23-10-22(16-33-28(23)37-36-27)21-9-19(14-32-15-21)13-31-12-18-5-3-4-6-18/h1,7-11,14-18,31H,3-6,12-13,30H2,(H,34,35)(H,33,36,37)/b24-11-. The van der Waals surface area contributed by atoms with Crippen LogP contribution in [0.25, 0.3) is 39.3 Å². The molecule has 5 N–H and O–H groups in total. The summed E-state index contributed by atoms with van der Waals surface area (Å²) in [6.07, 6.45) is 21.4. The molecule has 1 aliphatic carbocycles. The summed E-state index contributed by atoms with van der Waals surface area (Å²) in [5.74, 6) is 4.01. The van der Waals surface area contributed by atoms with Gasteiger partial charge in [-0.1, -0.05) is 18.8 Å². The molecule has 5 aromatic heterocycles. The third-order valence-electron chi connectivity index (χ3n) is 7.11. The molecule has 0 aliphatic heterocycles. The zero-order valence-electron chi connectivity index (χ0n) is 20.9. The summed E-state index contributed by atoms with van der Waals surface area (Å²) >= 11 is 0. The Labute approximate surface area is 220 Å². The number of imidazole rings is 1. The highest BCUT2D eigenvalue weighted by atomic mass is 16.3. The molecule has 1 saturated carbocycles. The maximum atomic E-state index is 5.93. The molecule has 0 spiro atoms. The fraction of sp³-hybridized carbons (Fsp3) is 0.241. The molecule has 0 saturated heterocycles. The van der Waals surface area contributed by atoms with Crippen molar-refractivity contribution in [3.63, 3.8) is 0 Å². The van der Waals surface area contributed by atoms with Gasteiger partial charge in [-0.3, -0.25) is 10.1 Å². The van der Waals surface area contributed by atoms with Gasteiger partial charge in [-0.15, -0.1) is 6.42 Å². The maximum Gasteiger partial charge on any atom is 0.181 e. The lowest BCUT2D eigenvalue weighted by atomic mass is 10.1. The van der Waals surface area contributed by atoms with Crippen molar-refractivity contribution in [2.75, 3.05) is 6.54 Å². The second-order valence-corrected chi connectivity index (χ2v) is 9.60. The zero-order chi connectivity index (χ0) is 25.9. The fourth-order valence-electron chi connectivity index (χ4n) is 5.14. The Kier molecular flexibility index (Phi) is 6.46. The summed E-state index contributed by atoms with van der Waals surface area (Å²) in [6.45, 7) is 1.85. The van der Waals surface area contributed by atoms with Gasteiger partial charge >= 0.3 is 0 Å². The van der Waals surface area contributed by atoms with Gasteiger partial charge in [-0.25, -0.2) is 9.97 Å². The number of nitrogens with zero attached hydrogens (tertiary/aromatic N) is 4. The lowest BCUT2D eigenvalue weighted by molar-refractivity contribution is 0.489. The molecule has 1 fully saturated rings. The number of rotatable bonds is 8. The van der Waals surface area contributed by atoms with Crippen LogP contribution in [0, 0.1) is 18.3 Å². The lowest BCUT2D eigenvalue weighted by Crippen LogP contribution is -2.20. The Balaban J connectivity index is 1.30. The van der Waals surface area contributed by atoms with E-state index in [1.807, 2.05) is 30.7 Å². The van der Waals surface area contributed by atoms with Crippen molar-refractivity contribution in [2.24, 2.45) is 11.7 Å². The van der Waals surface area contributed by atoms with E-state index in [-0.39, 0.29) is 0 Å². The summed E-state index contributed by atoms with van der Waals surface area (Å²) < 4.78 is 5.22. The summed E-state index contributed by atoms with van der Waals surface area (Å²) in [5.41, 5.74) is 12.8. The van der Waals surface area contributed by atoms with Crippen molar-refractivity contribution in [3.8, 4) is 35.0 Å². The van der Waals surface area contributed by atoms with Crippen molar-refractivity contribution in [1.29, 1.82) is 0 Å². The number of hydrogen-bond donors (Lipinski definition) is 4. The first-order valence-electron chi connectivity index (χ1n) is 12.7. The quantitative estimate of drug-likeness (QED) is 0.227. The number of H-pyrrole nitrogens is 2. The van der Waals surface area contributed by atoms with Crippen LogP contribution in [-0.4, -0.2) is 36.7 Å². The normalized spacial score (nSPS) is 14.3. The van der Waals surface area contributed by atoms with Crippen LogP contribution in [0.2, 0.25) is 0 Å². The molecular weight excluding hydrogens is 476 g/mol. The molecule has 0 bridgehead atoms. The summed E-state index contributed by atoms with van der Waals surface area (Å²) in [7, 11) is 0. The highest BCUT2D eigenvalue weighted by Crippen LogP contribution is 2.31. The largest absolute Gasteiger partial charge is 0.472 e. The van der Waals surface area contributed by atoms with Crippen LogP contribution in [-0.2, 0) is 6.54 Å². The van der Waals surface area contributed by atoms with Crippen molar-refractivity contribution < 1.29 is 4.42 Å². The number of terminal acetylenes is 1. The molecule has 9 heteroatoms. The highest BCUT2D eigenvalue weighted by Gasteiger charge is 2.20. The van der Waals surface area contributed by atoms with Crippen LogP contribution in [0.4, 0.5) is 0 Å². The first-order valence-corrected chi connectivity index (χ1v) is 12.7. The van der Waals surface area contributed by atoms with E-state index in [1.165, 1.54) is 31.9 Å². The number of pyridine rings is 2. The number of nitrogens with one attached hydrogen (secondary N) is 3. The van der Waals surface area contributed by atoms with E-state index in [0.717, 1.165) is 46.6 Å². The first kappa shape index (κ1) is 23.7. The molecule has 0 amide bonds. The van der Waals surface area contributed by atoms with Gasteiger partial charge in [-0.2, -0.15) is 5.10 Å². The van der Waals surface area contributed by atoms with E-state index >= 15 is 0 Å². The molecule has 1 aliphatic rings. The Morgan fingerprint density at radius 3 is 2.87 bits per heavy atom. The molecule has 5 aromatic rings. The third kappa shape index (κ3) is 4.58. The smallest absolute Gasteiger partial charge is 0.181 e. The molecular formula is C29H28N8O. The molecule has 0 atom stereocenters. The Hall–Kier alpha value is -4.68. The van der Waals surface area contributed by atoms with E-state index in [9.17, 15) is 0 Å². The van der Waals surface area contributed by atoms with Gasteiger partial charge in [0.2, 0.25) is 0 Å². The van der Waals surface area contributed by atoms with Crippen LogP contribution >= 0.6 is 0 Å².